The molecule has 2 unspecified atom stereocenters. The second kappa shape index (κ2) is 9.02. The lowest BCUT2D eigenvalue weighted by Gasteiger charge is -2.37. The van der Waals surface area contributed by atoms with Gasteiger partial charge in [-0.2, -0.15) is 12.6 Å². The molecule has 0 spiro atoms. The van der Waals surface area contributed by atoms with Crippen molar-refractivity contribution in [3.63, 3.8) is 0 Å². The number of carbonyl (C=O) groups excluding carboxylic acids is 2. The van der Waals surface area contributed by atoms with Crippen LogP contribution in [0.25, 0.3) is 0 Å². The summed E-state index contributed by atoms with van der Waals surface area (Å²) >= 11 is 4.63. The highest BCUT2D eigenvalue weighted by Gasteiger charge is 2.40. The van der Waals surface area contributed by atoms with Gasteiger partial charge in [0.1, 0.15) is 5.82 Å². The van der Waals surface area contributed by atoms with Gasteiger partial charge in [-0.3, -0.25) is 14.5 Å². The Hall–Kier alpha value is -1.66. The van der Waals surface area contributed by atoms with Gasteiger partial charge in [-0.05, 0) is 37.8 Å². The maximum absolute atomic E-state index is 14.5. The van der Waals surface area contributed by atoms with Gasteiger partial charge in [0.05, 0.1) is 19.1 Å². The lowest BCUT2D eigenvalue weighted by atomic mass is 9.93. The van der Waals surface area contributed by atoms with Crippen LogP contribution >= 0.6 is 12.6 Å². The fraction of sp³-hybridized carbons (Fsp3) is 0.524. The summed E-state index contributed by atoms with van der Waals surface area (Å²) in [7, 11) is 0. The second-order valence-electron chi connectivity index (χ2n) is 7.16. The molecule has 1 heterocycles. The molecule has 2 aliphatic rings. The third-order valence-electron chi connectivity index (χ3n) is 5.15. The summed E-state index contributed by atoms with van der Waals surface area (Å²) in [6.07, 6.45) is 4.56. The second-order valence-corrected chi connectivity index (χ2v) is 7.79. The molecule has 1 saturated heterocycles. The number of ether oxygens (including phenoxy) is 1. The Balaban J connectivity index is 1.82. The quantitative estimate of drug-likeness (QED) is 0.437. The van der Waals surface area contributed by atoms with Crippen molar-refractivity contribution in [1.29, 1.82) is 0 Å². The zero-order valence-corrected chi connectivity index (χ0v) is 16.5. The molecule has 0 N–H and O–H groups in total. The van der Waals surface area contributed by atoms with Crippen LogP contribution in [0.4, 0.5) is 4.39 Å². The van der Waals surface area contributed by atoms with Gasteiger partial charge in [-0.25, -0.2) is 4.39 Å². The van der Waals surface area contributed by atoms with E-state index in [1.165, 1.54) is 6.07 Å². The Morgan fingerprint density at radius 1 is 1.33 bits per heavy atom. The summed E-state index contributed by atoms with van der Waals surface area (Å²) in [6.45, 7) is 3.30. The molecule has 2 atom stereocenters. The van der Waals surface area contributed by atoms with Gasteiger partial charge < -0.3 is 4.74 Å². The topological polar surface area (TPSA) is 46.6 Å². The number of likely N-dealkylation sites (tertiary alicyclic amines) is 1. The molecule has 3 rings (SSSR count). The van der Waals surface area contributed by atoms with Crippen LogP contribution in [-0.4, -0.2) is 41.6 Å². The monoisotopic (exact) mass is 391 g/mol. The van der Waals surface area contributed by atoms with Crippen molar-refractivity contribution in [2.75, 3.05) is 19.7 Å². The highest BCUT2D eigenvalue weighted by molar-refractivity contribution is 7.81. The number of thiol groups is 1. The molecule has 1 aromatic carbocycles. The SMILES string of the molecule is CCOC(=O)C/C=C1/CN(C(C(=O)C2CC2)c2ccccc2F)CCC1S. The van der Waals surface area contributed by atoms with Crippen molar-refractivity contribution in [2.24, 2.45) is 5.92 Å². The maximum atomic E-state index is 14.5. The molecular formula is C21H26FNO3S. The third-order valence-corrected chi connectivity index (χ3v) is 5.74. The number of hydrogen-bond donors (Lipinski definition) is 1. The molecule has 27 heavy (non-hydrogen) atoms. The molecule has 6 heteroatoms. The summed E-state index contributed by atoms with van der Waals surface area (Å²) in [5, 5.41) is 0.0352. The van der Waals surface area contributed by atoms with Gasteiger partial charge in [0.15, 0.2) is 5.78 Å². The molecule has 0 amide bonds. The standard InChI is InChI=1S/C21H26FNO3S/c1-2-26-19(24)10-9-15-13-23(12-11-18(15)27)20(21(25)14-7-8-14)16-5-3-4-6-17(16)22/h3-6,9,14,18,20,27H,2,7-8,10-13H2,1H3/b15-9-. The molecule has 0 aromatic heterocycles. The number of benzene rings is 1. The molecule has 1 aliphatic heterocycles. The number of Topliss-reactive ketones (excluding diaryl/α,β-unsaturated/α-hetero) is 1. The minimum absolute atomic E-state index is 0.0352. The Morgan fingerprint density at radius 3 is 2.74 bits per heavy atom. The number of nitrogens with zero attached hydrogens (tertiary/aromatic N) is 1. The molecule has 0 radical (unpaired) electrons. The molecule has 1 aliphatic carbocycles. The highest BCUT2D eigenvalue weighted by Crippen LogP contribution is 2.39. The van der Waals surface area contributed by atoms with Gasteiger partial charge in [-0.1, -0.05) is 24.3 Å². The number of esters is 1. The lowest BCUT2D eigenvalue weighted by Crippen LogP contribution is -2.42. The summed E-state index contributed by atoms with van der Waals surface area (Å²) in [5.74, 6) is -0.485. The van der Waals surface area contributed by atoms with Crippen LogP contribution in [0.2, 0.25) is 0 Å². The average molecular weight is 392 g/mol. The number of carbonyl (C=O) groups is 2. The number of rotatable bonds is 7. The fourth-order valence-corrected chi connectivity index (χ4v) is 3.87. The first-order valence-electron chi connectivity index (χ1n) is 9.56. The van der Waals surface area contributed by atoms with Crippen molar-refractivity contribution in [2.45, 2.75) is 43.9 Å². The summed E-state index contributed by atoms with van der Waals surface area (Å²) in [4.78, 5) is 26.7. The van der Waals surface area contributed by atoms with Crippen LogP contribution in [-0.2, 0) is 14.3 Å². The van der Waals surface area contributed by atoms with Gasteiger partial charge >= 0.3 is 5.97 Å². The number of ketones is 1. The predicted octanol–water partition coefficient (Wildman–Crippen LogP) is 3.73. The van der Waals surface area contributed by atoms with Crippen LogP contribution in [0.1, 0.15) is 44.2 Å². The largest absolute Gasteiger partial charge is 0.466 e. The van der Waals surface area contributed by atoms with E-state index in [0.717, 1.165) is 24.8 Å². The van der Waals surface area contributed by atoms with E-state index in [9.17, 15) is 14.0 Å². The van der Waals surface area contributed by atoms with E-state index in [1.54, 1.807) is 25.1 Å². The first-order chi connectivity index (χ1) is 13.0. The zero-order valence-electron chi connectivity index (χ0n) is 15.6. The number of piperidine rings is 1. The van der Waals surface area contributed by atoms with Crippen LogP contribution in [0, 0.1) is 11.7 Å². The van der Waals surface area contributed by atoms with Gasteiger partial charge in [-0.15, -0.1) is 0 Å². The molecule has 2 fully saturated rings. The van der Waals surface area contributed by atoms with E-state index in [-0.39, 0.29) is 35.2 Å². The van der Waals surface area contributed by atoms with Gasteiger partial charge in [0.25, 0.3) is 0 Å². The Bertz CT molecular complexity index is 732. The van der Waals surface area contributed by atoms with E-state index in [2.05, 4.69) is 12.6 Å². The van der Waals surface area contributed by atoms with E-state index < -0.39 is 6.04 Å². The van der Waals surface area contributed by atoms with Crippen LogP contribution < -0.4 is 0 Å². The molecule has 0 bridgehead atoms. The van der Waals surface area contributed by atoms with E-state index in [0.29, 0.717) is 25.3 Å². The fourth-order valence-electron chi connectivity index (χ4n) is 3.57. The number of hydrogen-bond acceptors (Lipinski definition) is 5. The normalized spacial score (nSPS) is 23.2. The number of halogens is 1. The van der Waals surface area contributed by atoms with Crippen LogP contribution in [0.15, 0.2) is 35.9 Å². The van der Waals surface area contributed by atoms with E-state index >= 15 is 0 Å². The lowest BCUT2D eigenvalue weighted by molar-refractivity contribution is -0.142. The van der Waals surface area contributed by atoms with E-state index in [4.69, 9.17) is 4.74 Å². The molecule has 146 valence electrons. The van der Waals surface area contributed by atoms with Crippen LogP contribution in [0.5, 0.6) is 0 Å². The first kappa shape index (κ1) is 20.1. The molecule has 4 nitrogen and oxygen atoms in total. The predicted molar refractivity (Wildman–Crippen MR) is 105 cm³/mol. The minimum atomic E-state index is -0.578. The van der Waals surface area contributed by atoms with Crippen molar-refractivity contribution in [3.05, 3.63) is 47.3 Å². The Kier molecular flexibility index (Phi) is 6.71. The van der Waals surface area contributed by atoms with Crippen molar-refractivity contribution in [1.82, 2.24) is 4.90 Å². The maximum Gasteiger partial charge on any atom is 0.309 e. The Morgan fingerprint density at radius 2 is 2.07 bits per heavy atom. The highest BCUT2D eigenvalue weighted by atomic mass is 32.1. The Labute approximate surface area is 165 Å². The van der Waals surface area contributed by atoms with E-state index in [1.807, 2.05) is 11.0 Å². The molecule has 1 saturated carbocycles. The smallest absolute Gasteiger partial charge is 0.309 e. The molecule has 1 aromatic rings. The minimum Gasteiger partial charge on any atom is -0.466 e. The van der Waals surface area contributed by atoms with Gasteiger partial charge in [0, 0.05) is 29.8 Å². The summed E-state index contributed by atoms with van der Waals surface area (Å²) in [5.41, 5.74) is 1.43. The van der Waals surface area contributed by atoms with Crippen LogP contribution in [0.3, 0.4) is 0 Å². The average Bonchev–Trinajstić information content (AvgIpc) is 3.49. The van der Waals surface area contributed by atoms with Crippen molar-refractivity contribution in [3.8, 4) is 0 Å². The zero-order chi connectivity index (χ0) is 19.4. The summed E-state index contributed by atoms with van der Waals surface area (Å²) in [6, 6.07) is 5.95. The first-order valence-corrected chi connectivity index (χ1v) is 10.1. The van der Waals surface area contributed by atoms with Gasteiger partial charge in [0.2, 0.25) is 0 Å². The molecular weight excluding hydrogens is 365 g/mol. The van der Waals surface area contributed by atoms with Crippen molar-refractivity contribution < 1.29 is 18.7 Å². The third kappa shape index (κ3) is 4.99. The summed E-state index contributed by atoms with van der Waals surface area (Å²) < 4.78 is 19.5. The van der Waals surface area contributed by atoms with Crippen molar-refractivity contribution >= 4 is 24.4 Å².